The SMILES string of the molecule is CCC(C)C(NC(=O)C(CCC(=O)O)NC(=O)CNC(=O)C(N)CCC(=O)O)C(=O)O. The van der Waals surface area contributed by atoms with Crippen LogP contribution < -0.4 is 21.7 Å². The fourth-order valence-corrected chi connectivity index (χ4v) is 2.43. The lowest BCUT2D eigenvalue weighted by Crippen LogP contribution is -2.55. The van der Waals surface area contributed by atoms with Gasteiger partial charge in [-0.3, -0.25) is 24.0 Å². The van der Waals surface area contributed by atoms with Crippen molar-refractivity contribution in [3.05, 3.63) is 0 Å². The average Bonchev–Trinajstić information content (AvgIpc) is 2.69. The Hall–Kier alpha value is -3.22. The monoisotopic (exact) mass is 446 g/mol. The van der Waals surface area contributed by atoms with Crippen molar-refractivity contribution < 1.29 is 44.1 Å². The van der Waals surface area contributed by atoms with Gasteiger partial charge in [0.05, 0.1) is 12.6 Å². The van der Waals surface area contributed by atoms with Gasteiger partial charge in [-0.25, -0.2) is 4.79 Å². The molecule has 4 atom stereocenters. The zero-order valence-corrected chi connectivity index (χ0v) is 17.4. The molecular weight excluding hydrogens is 416 g/mol. The summed E-state index contributed by atoms with van der Waals surface area (Å²) in [7, 11) is 0. The Morgan fingerprint density at radius 1 is 0.871 bits per heavy atom. The van der Waals surface area contributed by atoms with Crippen molar-refractivity contribution in [3.8, 4) is 0 Å². The standard InChI is InChI=1S/C18H30N4O9/c1-3-9(2)15(18(30)31)22-17(29)11(5-7-14(26)27)21-12(23)8-20-16(28)10(19)4-6-13(24)25/h9-11,15H,3-8,19H2,1-2H3,(H,20,28)(H,21,23)(H,22,29)(H,24,25)(H,26,27)(H,30,31). The number of amides is 3. The number of carboxylic acids is 3. The third-order valence-corrected chi connectivity index (χ3v) is 4.50. The molecule has 13 nitrogen and oxygen atoms in total. The summed E-state index contributed by atoms with van der Waals surface area (Å²) in [4.78, 5) is 69.1. The molecule has 13 heteroatoms. The minimum atomic E-state index is -1.34. The first-order valence-electron chi connectivity index (χ1n) is 9.68. The molecule has 0 aliphatic rings. The maximum absolute atomic E-state index is 12.5. The lowest BCUT2D eigenvalue weighted by atomic mass is 9.98. The van der Waals surface area contributed by atoms with Gasteiger partial charge in [0.15, 0.2) is 0 Å². The number of rotatable bonds is 15. The molecule has 8 N–H and O–H groups in total. The van der Waals surface area contributed by atoms with Crippen LogP contribution in [0.3, 0.4) is 0 Å². The highest BCUT2D eigenvalue weighted by atomic mass is 16.4. The molecule has 0 radical (unpaired) electrons. The van der Waals surface area contributed by atoms with Gasteiger partial charge < -0.3 is 37.0 Å². The van der Waals surface area contributed by atoms with Gasteiger partial charge in [-0.1, -0.05) is 20.3 Å². The van der Waals surface area contributed by atoms with Gasteiger partial charge in [0.25, 0.3) is 0 Å². The van der Waals surface area contributed by atoms with Crippen LogP contribution in [0.25, 0.3) is 0 Å². The van der Waals surface area contributed by atoms with Gasteiger partial charge in [-0.05, 0) is 18.8 Å². The van der Waals surface area contributed by atoms with E-state index in [1.54, 1.807) is 13.8 Å². The zero-order chi connectivity index (χ0) is 24.1. The predicted octanol–water partition coefficient (Wildman–Crippen LogP) is -1.74. The molecule has 0 aromatic carbocycles. The van der Waals surface area contributed by atoms with Crippen LogP contribution in [-0.2, 0) is 28.8 Å². The van der Waals surface area contributed by atoms with Gasteiger partial charge >= 0.3 is 17.9 Å². The highest BCUT2D eigenvalue weighted by Crippen LogP contribution is 2.09. The number of hydrogen-bond donors (Lipinski definition) is 7. The fraction of sp³-hybridized carbons (Fsp3) is 0.667. The first-order chi connectivity index (χ1) is 14.4. The highest BCUT2D eigenvalue weighted by molar-refractivity contribution is 5.92. The minimum absolute atomic E-state index is 0.140. The molecule has 0 aliphatic heterocycles. The molecule has 3 amide bonds. The van der Waals surface area contributed by atoms with Gasteiger partial charge in [0, 0.05) is 12.8 Å². The third kappa shape index (κ3) is 11.5. The summed E-state index contributed by atoms with van der Waals surface area (Å²) in [6, 6.07) is -3.72. The van der Waals surface area contributed by atoms with E-state index in [1.807, 2.05) is 0 Å². The number of aliphatic carboxylic acids is 3. The Balaban J connectivity index is 4.98. The lowest BCUT2D eigenvalue weighted by Gasteiger charge is -2.24. The van der Waals surface area contributed by atoms with E-state index in [0.717, 1.165) is 0 Å². The van der Waals surface area contributed by atoms with Gasteiger partial charge in [-0.2, -0.15) is 0 Å². The summed E-state index contributed by atoms with van der Waals surface area (Å²) in [6.45, 7) is 2.76. The van der Waals surface area contributed by atoms with Crippen LogP contribution in [0.2, 0.25) is 0 Å². The molecule has 0 bridgehead atoms. The topological polar surface area (TPSA) is 225 Å². The Kier molecular flexibility index (Phi) is 12.5. The van der Waals surface area contributed by atoms with Crippen molar-refractivity contribution in [1.29, 1.82) is 0 Å². The Bertz CT molecular complexity index is 683. The van der Waals surface area contributed by atoms with Crippen LogP contribution in [0.4, 0.5) is 0 Å². The normalized spacial score (nSPS) is 14.4. The van der Waals surface area contributed by atoms with Crippen molar-refractivity contribution >= 4 is 35.6 Å². The summed E-state index contributed by atoms with van der Waals surface area (Å²) in [5, 5.41) is 33.5. The van der Waals surface area contributed by atoms with Gasteiger partial charge in [0.2, 0.25) is 17.7 Å². The molecule has 0 heterocycles. The second-order valence-electron chi connectivity index (χ2n) is 7.02. The molecule has 4 unspecified atom stereocenters. The summed E-state index contributed by atoms with van der Waals surface area (Å²) in [5.74, 6) is -6.51. The molecule has 31 heavy (non-hydrogen) atoms. The number of nitrogens with one attached hydrogen (secondary N) is 3. The van der Waals surface area contributed by atoms with Crippen LogP contribution >= 0.6 is 0 Å². The number of carboxylic acid groups (broad SMARTS) is 3. The van der Waals surface area contributed by atoms with Crippen molar-refractivity contribution in [2.75, 3.05) is 6.54 Å². The Morgan fingerprint density at radius 3 is 1.90 bits per heavy atom. The van der Waals surface area contributed by atoms with Gasteiger partial charge in [-0.15, -0.1) is 0 Å². The Morgan fingerprint density at radius 2 is 1.42 bits per heavy atom. The molecule has 0 aromatic heterocycles. The molecule has 0 aliphatic carbocycles. The van der Waals surface area contributed by atoms with Crippen LogP contribution in [0.15, 0.2) is 0 Å². The second-order valence-corrected chi connectivity index (χ2v) is 7.02. The van der Waals surface area contributed by atoms with E-state index in [0.29, 0.717) is 6.42 Å². The van der Waals surface area contributed by atoms with E-state index in [-0.39, 0.29) is 19.3 Å². The van der Waals surface area contributed by atoms with Crippen LogP contribution in [0, 0.1) is 5.92 Å². The van der Waals surface area contributed by atoms with Crippen LogP contribution in [-0.4, -0.2) is 75.6 Å². The van der Waals surface area contributed by atoms with Crippen LogP contribution in [0.1, 0.15) is 46.0 Å². The van der Waals surface area contributed by atoms with E-state index in [2.05, 4.69) is 16.0 Å². The summed E-state index contributed by atoms with van der Waals surface area (Å²) >= 11 is 0. The molecular formula is C18H30N4O9. The predicted molar refractivity (Wildman–Crippen MR) is 106 cm³/mol. The molecule has 0 rings (SSSR count). The number of hydrogen-bond acceptors (Lipinski definition) is 7. The number of carbonyl (C=O) groups is 6. The van der Waals surface area contributed by atoms with Crippen LogP contribution in [0.5, 0.6) is 0 Å². The van der Waals surface area contributed by atoms with Crippen molar-refractivity contribution in [2.45, 2.75) is 64.1 Å². The van der Waals surface area contributed by atoms with E-state index in [9.17, 15) is 33.9 Å². The molecule has 0 spiro atoms. The van der Waals surface area contributed by atoms with E-state index < -0.39 is 72.6 Å². The maximum Gasteiger partial charge on any atom is 0.326 e. The zero-order valence-electron chi connectivity index (χ0n) is 17.4. The summed E-state index contributed by atoms with van der Waals surface area (Å²) < 4.78 is 0. The van der Waals surface area contributed by atoms with Crippen molar-refractivity contribution in [3.63, 3.8) is 0 Å². The third-order valence-electron chi connectivity index (χ3n) is 4.50. The quantitative estimate of drug-likeness (QED) is 0.150. The van der Waals surface area contributed by atoms with E-state index >= 15 is 0 Å². The summed E-state index contributed by atoms with van der Waals surface area (Å²) in [6.07, 6.45) is -0.785. The van der Waals surface area contributed by atoms with E-state index in [1.165, 1.54) is 0 Å². The molecule has 0 fully saturated rings. The second kappa shape index (κ2) is 13.9. The summed E-state index contributed by atoms with van der Waals surface area (Å²) in [5.41, 5.74) is 5.51. The fourth-order valence-electron chi connectivity index (χ4n) is 2.43. The molecule has 0 saturated carbocycles. The number of nitrogens with two attached hydrogens (primary N) is 1. The van der Waals surface area contributed by atoms with Crippen molar-refractivity contribution in [2.24, 2.45) is 11.7 Å². The molecule has 0 aromatic rings. The highest BCUT2D eigenvalue weighted by Gasteiger charge is 2.30. The smallest absolute Gasteiger partial charge is 0.326 e. The first-order valence-corrected chi connectivity index (χ1v) is 9.68. The maximum atomic E-state index is 12.5. The average molecular weight is 446 g/mol. The van der Waals surface area contributed by atoms with E-state index in [4.69, 9.17) is 15.9 Å². The van der Waals surface area contributed by atoms with Crippen molar-refractivity contribution in [1.82, 2.24) is 16.0 Å². The Labute approximate surface area is 178 Å². The largest absolute Gasteiger partial charge is 0.481 e. The molecule has 0 saturated heterocycles. The molecule has 176 valence electrons. The first kappa shape index (κ1) is 27.8. The minimum Gasteiger partial charge on any atom is -0.481 e. The van der Waals surface area contributed by atoms with Gasteiger partial charge in [0.1, 0.15) is 12.1 Å². The number of carbonyl (C=O) groups excluding carboxylic acids is 3. The lowest BCUT2D eigenvalue weighted by molar-refractivity contribution is -0.144.